The first-order chi connectivity index (χ1) is 18.8. The lowest BCUT2D eigenvalue weighted by Crippen LogP contribution is -2.53. The highest BCUT2D eigenvalue weighted by atomic mass is 32.2. The number of rotatable bonds is 14. The van der Waals surface area contributed by atoms with E-state index in [1.165, 1.54) is 17.0 Å². The summed E-state index contributed by atoms with van der Waals surface area (Å²) in [4.78, 5) is 28.8. The summed E-state index contributed by atoms with van der Waals surface area (Å²) in [6, 6.07) is 24.2. The zero-order valence-corrected chi connectivity index (χ0v) is 23.9. The molecule has 1 N–H and O–H groups in total. The van der Waals surface area contributed by atoms with Crippen molar-refractivity contribution >= 4 is 27.5 Å². The maximum absolute atomic E-state index is 14.0. The van der Waals surface area contributed by atoms with Crippen molar-refractivity contribution in [2.24, 2.45) is 0 Å². The second kappa shape index (κ2) is 14.5. The second-order valence-corrected chi connectivity index (χ2v) is 11.4. The maximum Gasteiger partial charge on any atom is 0.264 e. The van der Waals surface area contributed by atoms with Gasteiger partial charge in [-0.2, -0.15) is 0 Å². The third-order valence-corrected chi connectivity index (χ3v) is 8.42. The number of benzene rings is 3. The lowest BCUT2D eigenvalue weighted by Gasteiger charge is -2.33. The number of anilines is 1. The van der Waals surface area contributed by atoms with E-state index in [0.717, 1.165) is 28.3 Å². The zero-order valence-electron chi connectivity index (χ0n) is 23.0. The molecule has 8 heteroatoms. The fourth-order valence-electron chi connectivity index (χ4n) is 4.36. The van der Waals surface area contributed by atoms with Crippen LogP contribution in [0.5, 0.6) is 0 Å². The molecule has 3 aromatic rings. The number of carbonyl (C=O) groups is 2. The Kier molecular flexibility index (Phi) is 11.1. The number of sulfonamides is 1. The number of nitrogens with zero attached hydrogens (tertiary/aromatic N) is 2. The van der Waals surface area contributed by atoms with Gasteiger partial charge in [0.25, 0.3) is 10.0 Å². The first-order valence-electron chi connectivity index (χ1n) is 13.5. The van der Waals surface area contributed by atoms with E-state index in [1.807, 2.05) is 63.2 Å². The van der Waals surface area contributed by atoms with Crippen molar-refractivity contribution in [3.8, 4) is 0 Å². The summed E-state index contributed by atoms with van der Waals surface area (Å²) >= 11 is 0. The van der Waals surface area contributed by atoms with E-state index in [4.69, 9.17) is 0 Å². The Morgan fingerprint density at radius 2 is 1.49 bits per heavy atom. The van der Waals surface area contributed by atoms with Crippen LogP contribution in [-0.4, -0.2) is 50.8 Å². The molecule has 0 bridgehead atoms. The van der Waals surface area contributed by atoms with Crippen LogP contribution in [0.2, 0.25) is 0 Å². The minimum atomic E-state index is -4.05. The summed E-state index contributed by atoms with van der Waals surface area (Å²) in [6.07, 6.45) is 2.74. The number of nitrogens with one attached hydrogen (secondary N) is 1. The highest BCUT2D eigenvalue weighted by Crippen LogP contribution is 2.25. The smallest absolute Gasteiger partial charge is 0.264 e. The van der Waals surface area contributed by atoms with Gasteiger partial charge in [0.15, 0.2) is 0 Å². The van der Waals surface area contributed by atoms with Crippen LogP contribution in [0.1, 0.15) is 44.2 Å². The molecule has 0 aliphatic carbocycles. The Labute approximate surface area is 232 Å². The van der Waals surface area contributed by atoms with Crippen LogP contribution in [0.4, 0.5) is 5.69 Å². The molecule has 208 valence electrons. The molecule has 0 saturated carbocycles. The Balaban J connectivity index is 1.96. The molecule has 0 unspecified atom stereocenters. The molecule has 1 atom stereocenters. The predicted molar refractivity (Wildman–Crippen MR) is 156 cm³/mol. The zero-order chi connectivity index (χ0) is 28.3. The molecule has 3 aromatic carbocycles. The molecule has 0 spiro atoms. The van der Waals surface area contributed by atoms with E-state index in [-0.39, 0.29) is 17.3 Å². The molecule has 0 fully saturated rings. The molecule has 0 radical (unpaired) electrons. The first kappa shape index (κ1) is 29.9. The number of amides is 2. The van der Waals surface area contributed by atoms with Gasteiger partial charge in [-0.05, 0) is 56.0 Å². The van der Waals surface area contributed by atoms with Crippen LogP contribution >= 0.6 is 0 Å². The topological polar surface area (TPSA) is 86.8 Å². The Hall–Kier alpha value is -3.65. The van der Waals surface area contributed by atoms with Gasteiger partial charge < -0.3 is 10.2 Å². The number of hydrogen-bond acceptors (Lipinski definition) is 4. The molecular formula is C31H39N3O4S. The van der Waals surface area contributed by atoms with Gasteiger partial charge in [0.1, 0.15) is 12.6 Å². The molecule has 0 aliphatic rings. The lowest BCUT2D eigenvalue weighted by atomic mass is 10.1. The Bertz CT molecular complexity index is 1300. The van der Waals surface area contributed by atoms with E-state index in [2.05, 4.69) is 5.32 Å². The van der Waals surface area contributed by atoms with Gasteiger partial charge >= 0.3 is 0 Å². The van der Waals surface area contributed by atoms with Gasteiger partial charge in [-0.15, -0.1) is 0 Å². The standard InChI is InChI=1S/C31H39N3O4S/c1-4-6-22-32-31(36)29(5-2)33(23-21-26-13-9-7-10-14-26)30(35)24-34(27-19-17-25(3)18-20-27)39(37,38)28-15-11-8-12-16-28/h7-20,29H,4-6,21-24H2,1-3H3,(H,32,36)/t29-/m0/s1. The van der Waals surface area contributed by atoms with Crippen molar-refractivity contribution in [1.82, 2.24) is 10.2 Å². The van der Waals surface area contributed by atoms with Crippen molar-refractivity contribution in [3.05, 3.63) is 96.1 Å². The van der Waals surface area contributed by atoms with Gasteiger partial charge in [0.05, 0.1) is 10.6 Å². The van der Waals surface area contributed by atoms with Gasteiger partial charge in [-0.3, -0.25) is 13.9 Å². The third kappa shape index (κ3) is 8.17. The van der Waals surface area contributed by atoms with Crippen molar-refractivity contribution in [1.29, 1.82) is 0 Å². The van der Waals surface area contributed by atoms with E-state index >= 15 is 0 Å². The monoisotopic (exact) mass is 549 g/mol. The summed E-state index contributed by atoms with van der Waals surface area (Å²) in [5, 5.41) is 2.95. The van der Waals surface area contributed by atoms with E-state index in [0.29, 0.717) is 25.1 Å². The quantitative estimate of drug-likeness (QED) is 0.288. The molecule has 0 aromatic heterocycles. The summed E-state index contributed by atoms with van der Waals surface area (Å²) in [7, 11) is -4.05. The van der Waals surface area contributed by atoms with Crippen LogP contribution in [0.15, 0.2) is 89.8 Å². The molecule has 0 saturated heterocycles. The molecule has 3 rings (SSSR count). The van der Waals surface area contributed by atoms with Crippen molar-refractivity contribution < 1.29 is 18.0 Å². The van der Waals surface area contributed by atoms with Crippen molar-refractivity contribution in [3.63, 3.8) is 0 Å². The maximum atomic E-state index is 14.0. The van der Waals surface area contributed by atoms with Crippen molar-refractivity contribution in [2.75, 3.05) is 23.9 Å². The highest BCUT2D eigenvalue weighted by Gasteiger charge is 2.33. The Morgan fingerprint density at radius 1 is 0.872 bits per heavy atom. The van der Waals surface area contributed by atoms with Crippen molar-refractivity contribution in [2.45, 2.75) is 57.4 Å². The number of hydrogen-bond donors (Lipinski definition) is 1. The number of carbonyl (C=O) groups excluding carboxylic acids is 2. The van der Waals surface area contributed by atoms with Gasteiger partial charge in [-0.25, -0.2) is 8.42 Å². The fourth-order valence-corrected chi connectivity index (χ4v) is 5.80. The summed E-state index contributed by atoms with van der Waals surface area (Å²) < 4.78 is 28.7. The van der Waals surface area contributed by atoms with Crippen LogP contribution in [0.3, 0.4) is 0 Å². The van der Waals surface area contributed by atoms with Crippen LogP contribution < -0.4 is 9.62 Å². The fraction of sp³-hybridized carbons (Fsp3) is 0.355. The molecule has 7 nitrogen and oxygen atoms in total. The summed E-state index contributed by atoms with van der Waals surface area (Å²) in [5.74, 6) is -0.649. The summed E-state index contributed by atoms with van der Waals surface area (Å²) in [5.41, 5.74) is 2.39. The van der Waals surface area contributed by atoms with Gasteiger partial charge in [-0.1, -0.05) is 86.5 Å². The molecule has 0 aliphatic heterocycles. The lowest BCUT2D eigenvalue weighted by molar-refractivity contribution is -0.139. The molecule has 0 heterocycles. The third-order valence-electron chi connectivity index (χ3n) is 6.63. The highest BCUT2D eigenvalue weighted by molar-refractivity contribution is 7.92. The Morgan fingerprint density at radius 3 is 2.08 bits per heavy atom. The van der Waals surface area contributed by atoms with Crippen LogP contribution in [0.25, 0.3) is 0 Å². The first-order valence-corrected chi connectivity index (χ1v) is 15.0. The molecule has 2 amide bonds. The van der Waals surface area contributed by atoms with Crippen LogP contribution in [0, 0.1) is 6.92 Å². The second-order valence-electron chi connectivity index (χ2n) is 9.55. The van der Waals surface area contributed by atoms with Gasteiger partial charge in [0, 0.05) is 13.1 Å². The van der Waals surface area contributed by atoms with E-state index < -0.39 is 28.5 Å². The minimum Gasteiger partial charge on any atom is -0.354 e. The largest absolute Gasteiger partial charge is 0.354 e. The average molecular weight is 550 g/mol. The predicted octanol–water partition coefficient (Wildman–Crippen LogP) is 4.96. The number of aryl methyl sites for hydroxylation is 1. The number of unbranched alkanes of at least 4 members (excludes halogenated alkanes) is 1. The van der Waals surface area contributed by atoms with Crippen LogP contribution in [-0.2, 0) is 26.0 Å². The van der Waals surface area contributed by atoms with E-state index in [9.17, 15) is 18.0 Å². The summed E-state index contributed by atoms with van der Waals surface area (Å²) in [6.45, 7) is 6.23. The van der Waals surface area contributed by atoms with Gasteiger partial charge in [0.2, 0.25) is 11.8 Å². The normalized spacial score (nSPS) is 12.0. The average Bonchev–Trinajstić information content (AvgIpc) is 2.95. The molecule has 39 heavy (non-hydrogen) atoms. The molecular weight excluding hydrogens is 510 g/mol. The SMILES string of the molecule is CCCCNC(=O)[C@H](CC)N(CCc1ccccc1)C(=O)CN(c1ccc(C)cc1)S(=O)(=O)c1ccccc1. The minimum absolute atomic E-state index is 0.0959. The van der Waals surface area contributed by atoms with E-state index in [1.54, 1.807) is 30.3 Å².